The number of amidine groups is 1. The van der Waals surface area contributed by atoms with E-state index in [1.165, 1.54) is 7.11 Å². The Balaban J connectivity index is 2.64. The average Bonchev–Trinajstić information content (AvgIpc) is 2.79. The highest BCUT2D eigenvalue weighted by molar-refractivity contribution is 6.19. The molecule has 0 aliphatic carbocycles. The predicted octanol–water partition coefficient (Wildman–Crippen LogP) is 1.96. The number of rotatable bonds is 3. The number of amides is 1. The molecule has 1 amide bonds. The zero-order chi connectivity index (χ0) is 16.5. The molecule has 0 bridgehead atoms. The molecule has 22 heavy (non-hydrogen) atoms. The zero-order valence-corrected chi connectivity index (χ0v) is 13.0. The lowest BCUT2D eigenvalue weighted by Crippen LogP contribution is -2.42. The molecule has 1 aromatic rings. The minimum atomic E-state index is -1.02. The third kappa shape index (κ3) is 2.25. The summed E-state index contributed by atoms with van der Waals surface area (Å²) in [6.45, 7) is 5.43. The van der Waals surface area contributed by atoms with Crippen molar-refractivity contribution in [1.29, 1.82) is 5.26 Å². The number of hydrogen-bond acceptors (Lipinski definition) is 5. The molecule has 1 heterocycles. The number of nitrogens with zero attached hydrogens (tertiary/aromatic N) is 3. The van der Waals surface area contributed by atoms with Gasteiger partial charge in [0.1, 0.15) is 5.54 Å². The smallest absolute Gasteiger partial charge is 0.338 e. The number of aliphatic imine (C=N–C) groups is 1. The maximum absolute atomic E-state index is 12.5. The summed E-state index contributed by atoms with van der Waals surface area (Å²) in [5.41, 5.74) is -0.340. The Bertz CT molecular complexity index is 703. The number of methoxy groups -OCH3 is 1. The average molecular weight is 299 g/mol. The minimum Gasteiger partial charge on any atom is -0.465 e. The highest BCUT2D eigenvalue weighted by atomic mass is 16.5. The molecule has 0 N–H and O–H groups in total. The van der Waals surface area contributed by atoms with E-state index >= 15 is 0 Å². The van der Waals surface area contributed by atoms with Gasteiger partial charge in [0, 0.05) is 5.56 Å². The molecule has 1 atom stereocenters. The largest absolute Gasteiger partial charge is 0.465 e. The summed E-state index contributed by atoms with van der Waals surface area (Å²) in [5, 5.41) is 9.33. The van der Waals surface area contributed by atoms with Crippen LogP contribution in [-0.2, 0) is 9.53 Å². The standard InChI is InChI=1S/C16H17N3O3/c1-10(2)16(3)15(21)19(9-17)13(18-16)11-7-5-6-8-12(11)14(20)22-4/h5-8,10H,1-4H3. The molecule has 0 saturated heterocycles. The summed E-state index contributed by atoms with van der Waals surface area (Å²) in [7, 11) is 1.28. The van der Waals surface area contributed by atoms with Crippen LogP contribution in [0.2, 0.25) is 0 Å². The van der Waals surface area contributed by atoms with E-state index in [0.717, 1.165) is 4.90 Å². The maximum Gasteiger partial charge on any atom is 0.338 e. The van der Waals surface area contributed by atoms with E-state index in [9.17, 15) is 14.9 Å². The fourth-order valence-electron chi connectivity index (χ4n) is 2.26. The Morgan fingerprint density at radius 3 is 2.59 bits per heavy atom. The van der Waals surface area contributed by atoms with Gasteiger partial charge in [0.2, 0.25) is 0 Å². The van der Waals surface area contributed by atoms with Gasteiger partial charge in [0.25, 0.3) is 5.91 Å². The number of carbonyl (C=O) groups excluding carboxylic acids is 2. The molecule has 0 spiro atoms. The van der Waals surface area contributed by atoms with Crippen molar-refractivity contribution in [2.75, 3.05) is 7.11 Å². The normalized spacial score (nSPS) is 20.8. The summed E-state index contributed by atoms with van der Waals surface area (Å²) in [6.07, 6.45) is 1.86. The van der Waals surface area contributed by atoms with Crippen LogP contribution in [0.4, 0.5) is 0 Å². The fraction of sp³-hybridized carbons (Fsp3) is 0.375. The highest BCUT2D eigenvalue weighted by Crippen LogP contribution is 2.32. The second kappa shape index (κ2) is 5.60. The molecule has 1 aliphatic heterocycles. The first kappa shape index (κ1) is 15.7. The first-order valence-corrected chi connectivity index (χ1v) is 6.88. The Labute approximate surface area is 129 Å². The van der Waals surface area contributed by atoms with Crippen LogP contribution >= 0.6 is 0 Å². The number of benzene rings is 1. The van der Waals surface area contributed by atoms with Gasteiger partial charge in [0.15, 0.2) is 12.0 Å². The quantitative estimate of drug-likeness (QED) is 0.631. The summed E-state index contributed by atoms with van der Waals surface area (Å²) in [4.78, 5) is 29.8. The Morgan fingerprint density at radius 1 is 1.41 bits per heavy atom. The Kier molecular flexibility index (Phi) is 4.00. The number of ether oxygens (including phenoxy) is 1. The van der Waals surface area contributed by atoms with Gasteiger partial charge in [-0.2, -0.15) is 10.2 Å². The van der Waals surface area contributed by atoms with E-state index in [-0.39, 0.29) is 23.2 Å². The predicted molar refractivity (Wildman–Crippen MR) is 80.0 cm³/mol. The molecule has 1 aliphatic rings. The van der Waals surface area contributed by atoms with Gasteiger partial charge in [-0.05, 0) is 18.9 Å². The van der Waals surface area contributed by atoms with E-state index in [4.69, 9.17) is 4.74 Å². The molecule has 0 aromatic heterocycles. The van der Waals surface area contributed by atoms with E-state index in [0.29, 0.717) is 5.56 Å². The third-order valence-corrected chi connectivity index (χ3v) is 3.98. The molecule has 6 heteroatoms. The SMILES string of the molecule is COC(=O)c1ccccc1C1=NC(C)(C(C)C)C(=O)N1C#N. The third-order valence-electron chi connectivity index (χ3n) is 3.98. The van der Waals surface area contributed by atoms with Crippen LogP contribution in [0.5, 0.6) is 0 Å². The Hall–Kier alpha value is -2.68. The molecule has 0 saturated carbocycles. The number of carbonyl (C=O) groups is 2. The van der Waals surface area contributed by atoms with Gasteiger partial charge in [-0.1, -0.05) is 32.0 Å². The lowest BCUT2D eigenvalue weighted by Gasteiger charge is -2.22. The van der Waals surface area contributed by atoms with Crippen LogP contribution in [0.25, 0.3) is 0 Å². The molecule has 6 nitrogen and oxygen atoms in total. The lowest BCUT2D eigenvalue weighted by molar-refractivity contribution is -0.129. The van der Waals surface area contributed by atoms with Gasteiger partial charge >= 0.3 is 5.97 Å². The van der Waals surface area contributed by atoms with Crippen LogP contribution in [0.15, 0.2) is 29.3 Å². The molecule has 0 fully saturated rings. The van der Waals surface area contributed by atoms with Crippen molar-refractivity contribution in [2.45, 2.75) is 26.3 Å². The van der Waals surface area contributed by atoms with E-state index < -0.39 is 11.5 Å². The molecule has 2 rings (SSSR count). The maximum atomic E-state index is 12.5. The van der Waals surface area contributed by atoms with Crippen LogP contribution in [0.3, 0.4) is 0 Å². The summed E-state index contributed by atoms with van der Waals surface area (Å²) >= 11 is 0. The van der Waals surface area contributed by atoms with Crippen LogP contribution in [-0.4, -0.2) is 35.3 Å². The van der Waals surface area contributed by atoms with Gasteiger partial charge < -0.3 is 4.74 Å². The highest BCUT2D eigenvalue weighted by Gasteiger charge is 2.48. The van der Waals surface area contributed by atoms with Crippen molar-refractivity contribution in [1.82, 2.24) is 4.90 Å². The first-order chi connectivity index (χ1) is 10.4. The van der Waals surface area contributed by atoms with Crippen molar-refractivity contribution >= 4 is 17.7 Å². The minimum absolute atomic E-state index is 0.0846. The summed E-state index contributed by atoms with van der Waals surface area (Å²) < 4.78 is 4.75. The van der Waals surface area contributed by atoms with E-state index in [1.54, 1.807) is 31.2 Å². The van der Waals surface area contributed by atoms with Crippen LogP contribution < -0.4 is 0 Å². The monoisotopic (exact) mass is 299 g/mol. The fourth-order valence-corrected chi connectivity index (χ4v) is 2.26. The number of hydrogen-bond donors (Lipinski definition) is 0. The van der Waals surface area contributed by atoms with Crippen LogP contribution in [0.1, 0.15) is 36.7 Å². The van der Waals surface area contributed by atoms with Gasteiger partial charge in [-0.3, -0.25) is 4.79 Å². The zero-order valence-electron chi connectivity index (χ0n) is 13.0. The van der Waals surface area contributed by atoms with E-state index in [2.05, 4.69) is 4.99 Å². The van der Waals surface area contributed by atoms with Crippen LogP contribution in [0, 0.1) is 17.4 Å². The van der Waals surface area contributed by atoms with Crippen molar-refractivity contribution in [2.24, 2.45) is 10.9 Å². The molecular formula is C16H17N3O3. The number of esters is 1. The molecular weight excluding hydrogens is 282 g/mol. The van der Waals surface area contributed by atoms with Crippen molar-refractivity contribution in [3.8, 4) is 6.19 Å². The van der Waals surface area contributed by atoms with Crippen molar-refractivity contribution in [3.63, 3.8) is 0 Å². The first-order valence-electron chi connectivity index (χ1n) is 6.88. The second-order valence-corrected chi connectivity index (χ2v) is 5.52. The summed E-state index contributed by atoms with van der Waals surface area (Å²) in [5.74, 6) is -0.829. The van der Waals surface area contributed by atoms with Crippen molar-refractivity contribution in [3.05, 3.63) is 35.4 Å². The van der Waals surface area contributed by atoms with Gasteiger partial charge in [0.05, 0.1) is 12.7 Å². The lowest BCUT2D eigenvalue weighted by atomic mass is 9.89. The second-order valence-electron chi connectivity index (χ2n) is 5.52. The molecule has 1 aromatic carbocycles. The summed E-state index contributed by atoms with van der Waals surface area (Å²) in [6, 6.07) is 6.63. The molecule has 114 valence electrons. The van der Waals surface area contributed by atoms with Gasteiger partial charge in [-0.15, -0.1) is 0 Å². The Morgan fingerprint density at radius 2 is 2.05 bits per heavy atom. The van der Waals surface area contributed by atoms with Gasteiger partial charge in [-0.25, -0.2) is 9.79 Å². The van der Waals surface area contributed by atoms with Crippen molar-refractivity contribution < 1.29 is 14.3 Å². The topological polar surface area (TPSA) is 82.8 Å². The molecule has 1 unspecified atom stereocenters. The molecule has 0 radical (unpaired) electrons. The van der Waals surface area contributed by atoms with E-state index in [1.807, 2.05) is 20.0 Å². The number of nitriles is 1.